The summed E-state index contributed by atoms with van der Waals surface area (Å²) < 4.78 is 0. The van der Waals surface area contributed by atoms with E-state index < -0.39 is 0 Å². The van der Waals surface area contributed by atoms with Crippen molar-refractivity contribution in [3.8, 4) is 0 Å². The van der Waals surface area contributed by atoms with E-state index >= 15 is 0 Å². The third-order valence-corrected chi connectivity index (χ3v) is 4.10. The fourth-order valence-electron chi connectivity index (χ4n) is 3.48. The van der Waals surface area contributed by atoms with Gasteiger partial charge < -0.3 is 10.2 Å². The van der Waals surface area contributed by atoms with Crippen LogP contribution in [-0.4, -0.2) is 37.6 Å². The molecule has 0 aromatic carbocycles. The normalized spacial score (nSPS) is 24.5. The van der Waals surface area contributed by atoms with Gasteiger partial charge in [0.1, 0.15) is 0 Å². The molecule has 0 radical (unpaired) electrons. The summed E-state index contributed by atoms with van der Waals surface area (Å²) >= 11 is 0. The summed E-state index contributed by atoms with van der Waals surface area (Å²) in [6, 6.07) is 0. The van der Waals surface area contributed by atoms with E-state index in [1.807, 2.05) is 13.8 Å². The summed E-state index contributed by atoms with van der Waals surface area (Å²) in [6.07, 6.45) is 5.67. The van der Waals surface area contributed by atoms with Crippen LogP contribution in [-0.2, 0) is 0 Å². The maximum atomic E-state index is 3.50. The number of hydrogen-bond acceptors (Lipinski definition) is 2. The lowest BCUT2D eigenvalue weighted by Gasteiger charge is -2.47. The van der Waals surface area contributed by atoms with Crippen molar-refractivity contribution in [2.75, 3.05) is 32.7 Å². The van der Waals surface area contributed by atoms with E-state index in [0.717, 1.165) is 0 Å². The Morgan fingerprint density at radius 2 is 1.67 bits per heavy atom. The summed E-state index contributed by atoms with van der Waals surface area (Å²) in [5.41, 5.74) is 1.11. The highest BCUT2D eigenvalue weighted by atomic mass is 15.1. The molecule has 2 saturated heterocycles. The average molecular weight is 254 g/mol. The number of likely N-dealkylation sites (tertiary alicyclic amines) is 1. The van der Waals surface area contributed by atoms with E-state index in [0.29, 0.717) is 10.8 Å². The smallest absolute Gasteiger partial charge is 0.00392 e. The molecule has 2 heterocycles. The Bertz CT molecular complexity index is 218. The van der Waals surface area contributed by atoms with Crippen molar-refractivity contribution >= 4 is 0 Å². The minimum atomic E-state index is 0.450. The zero-order valence-corrected chi connectivity index (χ0v) is 13.3. The van der Waals surface area contributed by atoms with Gasteiger partial charge in [-0.05, 0) is 56.1 Å². The highest BCUT2D eigenvalue weighted by molar-refractivity contribution is 4.91. The highest BCUT2D eigenvalue weighted by Gasteiger charge is 2.36. The molecule has 108 valence electrons. The van der Waals surface area contributed by atoms with Crippen LogP contribution in [0.2, 0.25) is 0 Å². The summed E-state index contributed by atoms with van der Waals surface area (Å²) in [7, 11) is 0. The second kappa shape index (κ2) is 6.91. The van der Waals surface area contributed by atoms with Gasteiger partial charge in [-0.25, -0.2) is 0 Å². The molecule has 18 heavy (non-hydrogen) atoms. The van der Waals surface area contributed by atoms with Crippen LogP contribution >= 0.6 is 0 Å². The second-order valence-electron chi connectivity index (χ2n) is 7.12. The lowest BCUT2D eigenvalue weighted by atomic mass is 9.72. The van der Waals surface area contributed by atoms with Crippen molar-refractivity contribution in [3.63, 3.8) is 0 Å². The Morgan fingerprint density at radius 3 is 2.22 bits per heavy atom. The minimum Gasteiger partial charge on any atom is -0.317 e. The van der Waals surface area contributed by atoms with E-state index in [1.165, 1.54) is 58.4 Å². The van der Waals surface area contributed by atoms with Crippen LogP contribution in [0.25, 0.3) is 0 Å². The zero-order valence-electron chi connectivity index (χ0n) is 13.3. The number of nitrogens with one attached hydrogen (secondary N) is 1. The first kappa shape index (κ1) is 16.0. The van der Waals surface area contributed by atoms with Crippen molar-refractivity contribution in [2.24, 2.45) is 10.8 Å². The van der Waals surface area contributed by atoms with E-state index in [1.54, 1.807) is 0 Å². The van der Waals surface area contributed by atoms with Crippen LogP contribution in [0.5, 0.6) is 0 Å². The number of nitrogens with zero attached hydrogens (tertiary/aromatic N) is 1. The lowest BCUT2D eigenvalue weighted by molar-refractivity contribution is 0.0410. The largest absolute Gasteiger partial charge is 0.317 e. The summed E-state index contributed by atoms with van der Waals surface area (Å²) in [6.45, 7) is 17.5. The van der Waals surface area contributed by atoms with Gasteiger partial charge in [0.15, 0.2) is 0 Å². The molecule has 0 atom stereocenters. The number of hydrogen-bond donors (Lipinski definition) is 1. The molecular weight excluding hydrogens is 220 g/mol. The molecule has 2 aliphatic rings. The predicted molar refractivity (Wildman–Crippen MR) is 81.0 cm³/mol. The summed E-state index contributed by atoms with van der Waals surface area (Å²) in [5.74, 6) is 0. The third kappa shape index (κ3) is 4.89. The molecule has 0 aliphatic carbocycles. The van der Waals surface area contributed by atoms with E-state index in [2.05, 4.69) is 31.0 Å². The molecule has 1 spiro atoms. The molecular formula is C16H34N2. The van der Waals surface area contributed by atoms with Gasteiger partial charge in [0, 0.05) is 13.1 Å². The van der Waals surface area contributed by atoms with Gasteiger partial charge in [-0.15, -0.1) is 0 Å². The maximum absolute atomic E-state index is 3.50. The van der Waals surface area contributed by atoms with Crippen molar-refractivity contribution in [2.45, 2.75) is 60.3 Å². The Kier molecular flexibility index (Phi) is 6.13. The van der Waals surface area contributed by atoms with Crippen LogP contribution in [0.3, 0.4) is 0 Å². The van der Waals surface area contributed by atoms with Crippen LogP contribution in [0.1, 0.15) is 60.3 Å². The summed E-state index contributed by atoms with van der Waals surface area (Å²) in [5, 5.41) is 3.50. The molecule has 1 N–H and O–H groups in total. The number of piperidine rings is 2. The molecule has 2 fully saturated rings. The van der Waals surface area contributed by atoms with Gasteiger partial charge in [0.25, 0.3) is 0 Å². The minimum absolute atomic E-state index is 0.450. The predicted octanol–water partition coefficient (Wildman–Crippen LogP) is 3.52. The van der Waals surface area contributed by atoms with Crippen LogP contribution in [0.15, 0.2) is 0 Å². The molecule has 2 rings (SSSR count). The van der Waals surface area contributed by atoms with Crippen molar-refractivity contribution in [1.82, 2.24) is 10.2 Å². The molecule has 0 unspecified atom stereocenters. The molecule has 0 aromatic rings. The Morgan fingerprint density at radius 1 is 1.06 bits per heavy atom. The Hall–Kier alpha value is -0.0800. The Balaban J connectivity index is 0.000000771. The Labute approximate surface area is 115 Å². The topological polar surface area (TPSA) is 15.3 Å². The first-order valence-electron chi connectivity index (χ1n) is 7.92. The van der Waals surface area contributed by atoms with Crippen molar-refractivity contribution < 1.29 is 0 Å². The van der Waals surface area contributed by atoms with Crippen LogP contribution < -0.4 is 5.32 Å². The van der Waals surface area contributed by atoms with Gasteiger partial charge in [-0.2, -0.15) is 0 Å². The SMILES string of the molecule is CC.CC(C)(C)CN1CCCC2(CCNCC2)C1. The van der Waals surface area contributed by atoms with Gasteiger partial charge in [0.2, 0.25) is 0 Å². The highest BCUT2D eigenvalue weighted by Crippen LogP contribution is 2.38. The molecule has 0 amide bonds. The van der Waals surface area contributed by atoms with E-state index in [9.17, 15) is 0 Å². The molecule has 2 heteroatoms. The van der Waals surface area contributed by atoms with Gasteiger partial charge >= 0.3 is 0 Å². The quantitative estimate of drug-likeness (QED) is 0.770. The van der Waals surface area contributed by atoms with Gasteiger partial charge in [-0.1, -0.05) is 34.6 Å². The molecule has 2 nitrogen and oxygen atoms in total. The number of rotatable bonds is 1. The fourth-order valence-corrected chi connectivity index (χ4v) is 3.48. The van der Waals surface area contributed by atoms with E-state index in [4.69, 9.17) is 0 Å². The fraction of sp³-hybridized carbons (Fsp3) is 1.00. The lowest BCUT2D eigenvalue weighted by Crippen LogP contribution is -2.50. The van der Waals surface area contributed by atoms with Crippen molar-refractivity contribution in [3.05, 3.63) is 0 Å². The average Bonchev–Trinajstić information content (AvgIpc) is 2.30. The second-order valence-corrected chi connectivity index (χ2v) is 7.12. The standard InChI is InChI=1S/C14H28N2.C2H6/c1-13(2,3)11-16-10-4-5-14(12-16)6-8-15-9-7-14;1-2/h15H,4-12H2,1-3H3;1-2H3. The van der Waals surface area contributed by atoms with E-state index in [-0.39, 0.29) is 0 Å². The molecule has 0 bridgehead atoms. The maximum Gasteiger partial charge on any atom is 0.00392 e. The van der Waals surface area contributed by atoms with Gasteiger partial charge in [-0.3, -0.25) is 0 Å². The summed E-state index contributed by atoms with van der Waals surface area (Å²) in [4.78, 5) is 2.72. The molecule has 0 saturated carbocycles. The third-order valence-electron chi connectivity index (χ3n) is 4.10. The monoisotopic (exact) mass is 254 g/mol. The van der Waals surface area contributed by atoms with Crippen LogP contribution in [0.4, 0.5) is 0 Å². The van der Waals surface area contributed by atoms with Crippen LogP contribution in [0, 0.1) is 10.8 Å². The molecule has 2 aliphatic heterocycles. The van der Waals surface area contributed by atoms with Gasteiger partial charge in [0.05, 0.1) is 0 Å². The van der Waals surface area contributed by atoms with Crippen molar-refractivity contribution in [1.29, 1.82) is 0 Å². The zero-order chi connectivity index (χ0) is 13.6. The first-order valence-corrected chi connectivity index (χ1v) is 7.92. The first-order chi connectivity index (χ1) is 8.49. The molecule has 0 aromatic heterocycles.